The average molecular weight is 252 g/mol. The van der Waals surface area contributed by atoms with Gasteiger partial charge in [-0.15, -0.1) is 11.6 Å². The number of halogens is 1. The Labute approximate surface area is 103 Å². The van der Waals surface area contributed by atoms with Crippen molar-refractivity contribution in [2.75, 3.05) is 0 Å². The smallest absolute Gasteiger partial charge is 0.293 e. The highest BCUT2D eigenvalue weighted by molar-refractivity contribution is 6.17. The summed E-state index contributed by atoms with van der Waals surface area (Å²) in [4.78, 5) is 14.7. The maximum atomic E-state index is 11.0. The lowest BCUT2D eigenvalue weighted by atomic mass is 10.2. The third-order valence-electron chi connectivity index (χ3n) is 2.48. The summed E-state index contributed by atoms with van der Waals surface area (Å²) in [5, 5.41) is 11.0. The molecule has 2 aromatic rings. The van der Waals surface area contributed by atoms with Gasteiger partial charge >= 0.3 is 0 Å². The number of hydrogen-bond acceptors (Lipinski definition) is 3. The van der Waals surface area contributed by atoms with Crippen molar-refractivity contribution in [2.45, 2.75) is 12.8 Å². The van der Waals surface area contributed by atoms with Gasteiger partial charge in [0.1, 0.15) is 11.5 Å². The van der Waals surface area contributed by atoms with Gasteiger partial charge in [0.2, 0.25) is 0 Å². The van der Waals surface area contributed by atoms with Crippen LogP contribution in [0, 0.1) is 17.0 Å². The monoisotopic (exact) mass is 251 g/mol. The zero-order chi connectivity index (χ0) is 12.4. The standard InChI is InChI=1S/C11H10ClN3O2/c1-8-13-4-5-14(8)10-3-2-9(7-12)6-11(10)15(16)17/h2-6H,7H2,1H3. The first-order valence-corrected chi connectivity index (χ1v) is 5.50. The van der Waals surface area contributed by atoms with Crippen molar-refractivity contribution in [3.63, 3.8) is 0 Å². The molecule has 0 radical (unpaired) electrons. The molecule has 0 saturated carbocycles. The summed E-state index contributed by atoms with van der Waals surface area (Å²) in [6.07, 6.45) is 3.30. The maximum absolute atomic E-state index is 11.0. The molecule has 1 aromatic carbocycles. The minimum atomic E-state index is -0.412. The highest BCUT2D eigenvalue weighted by Gasteiger charge is 2.16. The first-order valence-electron chi connectivity index (χ1n) is 4.97. The predicted octanol–water partition coefficient (Wildman–Crippen LogP) is 2.83. The molecular formula is C11H10ClN3O2. The summed E-state index contributed by atoms with van der Waals surface area (Å²) >= 11 is 5.67. The molecule has 0 fully saturated rings. The Morgan fingerprint density at radius 3 is 2.82 bits per heavy atom. The molecule has 2 rings (SSSR count). The Balaban J connectivity index is 2.62. The van der Waals surface area contributed by atoms with Gasteiger partial charge in [-0.2, -0.15) is 0 Å². The summed E-state index contributed by atoms with van der Waals surface area (Å²) in [5.74, 6) is 0.955. The fourth-order valence-corrected chi connectivity index (χ4v) is 1.80. The molecule has 17 heavy (non-hydrogen) atoms. The minimum Gasteiger partial charge on any atom is -0.298 e. The van der Waals surface area contributed by atoms with Crippen molar-refractivity contribution >= 4 is 17.3 Å². The van der Waals surface area contributed by atoms with E-state index in [1.807, 2.05) is 0 Å². The van der Waals surface area contributed by atoms with E-state index in [9.17, 15) is 10.1 Å². The van der Waals surface area contributed by atoms with Gasteiger partial charge in [-0.1, -0.05) is 6.07 Å². The molecule has 0 saturated heterocycles. The first-order chi connectivity index (χ1) is 8.13. The van der Waals surface area contributed by atoms with Gasteiger partial charge in [0, 0.05) is 24.3 Å². The van der Waals surface area contributed by atoms with Crippen LogP contribution in [-0.2, 0) is 5.88 Å². The molecule has 0 bridgehead atoms. The first kappa shape index (κ1) is 11.6. The Morgan fingerprint density at radius 1 is 1.53 bits per heavy atom. The van der Waals surface area contributed by atoms with Gasteiger partial charge in [-0.3, -0.25) is 14.7 Å². The summed E-state index contributed by atoms with van der Waals surface area (Å²) < 4.78 is 1.68. The van der Waals surface area contributed by atoms with Crippen LogP contribution in [0.25, 0.3) is 5.69 Å². The van der Waals surface area contributed by atoms with Crippen LogP contribution in [0.5, 0.6) is 0 Å². The fraction of sp³-hybridized carbons (Fsp3) is 0.182. The lowest BCUT2D eigenvalue weighted by molar-refractivity contribution is -0.384. The lowest BCUT2D eigenvalue weighted by Crippen LogP contribution is -2.01. The van der Waals surface area contributed by atoms with E-state index in [4.69, 9.17) is 11.6 Å². The summed E-state index contributed by atoms with van der Waals surface area (Å²) in [6, 6.07) is 4.95. The highest BCUT2D eigenvalue weighted by Crippen LogP contribution is 2.25. The fourth-order valence-electron chi connectivity index (χ4n) is 1.63. The predicted molar refractivity (Wildman–Crippen MR) is 64.5 cm³/mol. The molecule has 0 N–H and O–H groups in total. The zero-order valence-corrected chi connectivity index (χ0v) is 9.89. The topological polar surface area (TPSA) is 61.0 Å². The second kappa shape index (κ2) is 4.55. The van der Waals surface area contributed by atoms with Gasteiger partial charge in [0.05, 0.1) is 4.92 Å². The van der Waals surface area contributed by atoms with E-state index in [-0.39, 0.29) is 11.6 Å². The van der Waals surface area contributed by atoms with Crippen LogP contribution in [0.1, 0.15) is 11.4 Å². The van der Waals surface area contributed by atoms with Crippen molar-refractivity contribution < 1.29 is 4.92 Å². The van der Waals surface area contributed by atoms with E-state index in [0.717, 1.165) is 5.56 Å². The molecule has 0 amide bonds. The molecule has 1 heterocycles. The van der Waals surface area contributed by atoms with Crippen LogP contribution in [0.4, 0.5) is 5.69 Å². The second-order valence-electron chi connectivity index (χ2n) is 3.56. The number of nitro groups is 1. The van der Waals surface area contributed by atoms with Crippen LogP contribution in [0.2, 0.25) is 0 Å². The number of rotatable bonds is 3. The number of benzene rings is 1. The van der Waals surface area contributed by atoms with Crippen LogP contribution in [-0.4, -0.2) is 14.5 Å². The molecule has 0 aliphatic carbocycles. The number of hydrogen-bond donors (Lipinski definition) is 0. The molecule has 0 unspecified atom stereocenters. The van der Waals surface area contributed by atoms with Gasteiger partial charge < -0.3 is 0 Å². The van der Waals surface area contributed by atoms with Crippen molar-refractivity contribution in [3.8, 4) is 5.69 Å². The van der Waals surface area contributed by atoms with Gasteiger partial charge in [-0.05, 0) is 18.6 Å². The Morgan fingerprint density at radius 2 is 2.29 bits per heavy atom. The highest BCUT2D eigenvalue weighted by atomic mass is 35.5. The van der Waals surface area contributed by atoms with Gasteiger partial charge in [0.25, 0.3) is 5.69 Å². The summed E-state index contributed by atoms with van der Waals surface area (Å²) in [7, 11) is 0. The summed E-state index contributed by atoms with van der Waals surface area (Å²) in [6.45, 7) is 1.79. The minimum absolute atomic E-state index is 0.0317. The molecule has 0 aliphatic rings. The molecule has 88 valence electrons. The normalized spacial score (nSPS) is 10.5. The summed E-state index contributed by atoms with van der Waals surface area (Å²) in [5.41, 5.74) is 1.25. The Bertz CT molecular complexity index is 566. The number of nitrogens with zero attached hydrogens (tertiary/aromatic N) is 3. The molecule has 0 atom stereocenters. The molecule has 5 nitrogen and oxygen atoms in total. The van der Waals surface area contributed by atoms with E-state index >= 15 is 0 Å². The molecule has 6 heteroatoms. The van der Waals surface area contributed by atoms with Crippen molar-refractivity contribution in [1.82, 2.24) is 9.55 Å². The number of aryl methyl sites for hydroxylation is 1. The molecule has 0 aliphatic heterocycles. The van der Waals surface area contributed by atoms with Crippen molar-refractivity contribution in [3.05, 3.63) is 52.1 Å². The van der Waals surface area contributed by atoms with Crippen LogP contribution in [0.3, 0.4) is 0 Å². The SMILES string of the molecule is Cc1nccn1-c1ccc(CCl)cc1[N+](=O)[O-]. The van der Waals surface area contributed by atoms with Crippen LogP contribution >= 0.6 is 11.6 Å². The van der Waals surface area contributed by atoms with Crippen molar-refractivity contribution in [1.29, 1.82) is 0 Å². The number of aromatic nitrogens is 2. The quantitative estimate of drug-likeness (QED) is 0.479. The number of alkyl halides is 1. The van der Waals surface area contributed by atoms with E-state index < -0.39 is 4.92 Å². The largest absolute Gasteiger partial charge is 0.298 e. The van der Waals surface area contributed by atoms with Gasteiger partial charge in [0.15, 0.2) is 0 Å². The van der Waals surface area contributed by atoms with E-state index in [1.54, 1.807) is 36.0 Å². The van der Waals surface area contributed by atoms with Crippen LogP contribution < -0.4 is 0 Å². The lowest BCUT2D eigenvalue weighted by Gasteiger charge is -2.06. The van der Waals surface area contributed by atoms with E-state index in [0.29, 0.717) is 11.5 Å². The molecular weight excluding hydrogens is 242 g/mol. The van der Waals surface area contributed by atoms with E-state index in [1.165, 1.54) is 6.07 Å². The Hall–Kier alpha value is -1.88. The molecule has 0 spiro atoms. The third-order valence-corrected chi connectivity index (χ3v) is 2.78. The second-order valence-corrected chi connectivity index (χ2v) is 3.83. The van der Waals surface area contributed by atoms with E-state index in [2.05, 4.69) is 4.98 Å². The van der Waals surface area contributed by atoms with Crippen molar-refractivity contribution in [2.24, 2.45) is 0 Å². The van der Waals surface area contributed by atoms with Gasteiger partial charge in [-0.25, -0.2) is 4.98 Å². The Kier molecular flexibility index (Phi) is 3.10. The third kappa shape index (κ3) is 2.14. The molecule has 1 aromatic heterocycles. The van der Waals surface area contributed by atoms with Crippen LogP contribution in [0.15, 0.2) is 30.6 Å². The average Bonchev–Trinajstić information content (AvgIpc) is 2.74. The maximum Gasteiger partial charge on any atom is 0.293 e. The number of imidazole rings is 1. The zero-order valence-electron chi connectivity index (χ0n) is 9.13. The number of nitro benzene ring substituents is 1.